The molecule has 2 aromatic heterocycles. The zero-order valence-electron chi connectivity index (χ0n) is 22.7. The number of hydrogen-bond acceptors (Lipinski definition) is 8. The van der Waals surface area contributed by atoms with Gasteiger partial charge < -0.3 is 23.9 Å². The van der Waals surface area contributed by atoms with Gasteiger partial charge in [0.05, 0.1) is 17.6 Å². The Morgan fingerprint density at radius 2 is 1.63 bits per heavy atom. The Morgan fingerprint density at radius 3 is 2.37 bits per heavy atom. The molecule has 0 unspecified atom stereocenters. The molecule has 1 N–H and O–H groups in total. The van der Waals surface area contributed by atoms with Gasteiger partial charge >= 0.3 is 5.97 Å². The summed E-state index contributed by atoms with van der Waals surface area (Å²) in [6, 6.07) is 22.1. The Hall–Kier alpha value is -4.89. The molecule has 9 heteroatoms. The van der Waals surface area contributed by atoms with E-state index in [2.05, 4.69) is 5.32 Å². The zero-order valence-corrected chi connectivity index (χ0v) is 23.5. The highest BCUT2D eigenvalue weighted by Gasteiger charge is 2.22. The van der Waals surface area contributed by atoms with Crippen LogP contribution in [0, 0.1) is 13.8 Å². The third kappa shape index (κ3) is 6.15. The van der Waals surface area contributed by atoms with Crippen LogP contribution in [0.3, 0.4) is 0 Å². The summed E-state index contributed by atoms with van der Waals surface area (Å²) >= 11 is 1.30. The fourth-order valence-corrected chi connectivity index (χ4v) is 5.26. The van der Waals surface area contributed by atoms with E-state index in [4.69, 9.17) is 18.6 Å². The van der Waals surface area contributed by atoms with Gasteiger partial charge in [0.15, 0.2) is 6.61 Å². The molecule has 0 radical (unpaired) electrons. The Bertz CT molecular complexity index is 1770. The summed E-state index contributed by atoms with van der Waals surface area (Å²) in [7, 11) is 0. The molecule has 208 valence electrons. The molecule has 0 saturated carbocycles. The highest BCUT2D eigenvalue weighted by molar-refractivity contribution is 7.16. The molecule has 0 aliphatic carbocycles. The number of aryl methyl sites for hydroxylation is 1. The molecule has 0 fully saturated rings. The van der Waals surface area contributed by atoms with E-state index < -0.39 is 11.9 Å². The molecule has 1 amide bonds. The van der Waals surface area contributed by atoms with E-state index in [1.54, 1.807) is 31.2 Å². The maximum Gasteiger partial charge on any atom is 0.341 e. The van der Waals surface area contributed by atoms with E-state index in [-0.39, 0.29) is 30.0 Å². The van der Waals surface area contributed by atoms with Crippen molar-refractivity contribution in [2.75, 3.05) is 18.5 Å². The first-order valence-electron chi connectivity index (χ1n) is 12.9. The summed E-state index contributed by atoms with van der Waals surface area (Å²) in [5, 5.41) is 3.46. The van der Waals surface area contributed by atoms with Gasteiger partial charge in [-0.2, -0.15) is 0 Å². The van der Waals surface area contributed by atoms with E-state index in [1.165, 1.54) is 23.7 Å². The number of anilines is 1. The minimum absolute atomic E-state index is 0.0527. The lowest BCUT2D eigenvalue weighted by Gasteiger charge is -2.10. The Labute approximate surface area is 240 Å². The number of hydrogen-bond donors (Lipinski definition) is 1. The van der Waals surface area contributed by atoms with Gasteiger partial charge in [0, 0.05) is 10.9 Å². The summed E-state index contributed by atoms with van der Waals surface area (Å²) in [4.78, 5) is 38.9. The third-order valence-corrected chi connectivity index (χ3v) is 7.51. The predicted molar refractivity (Wildman–Crippen MR) is 158 cm³/mol. The van der Waals surface area contributed by atoms with Crippen molar-refractivity contribution in [1.82, 2.24) is 0 Å². The molecule has 0 aliphatic heterocycles. The number of carbonyl (C=O) groups excluding carboxylic acids is 2. The van der Waals surface area contributed by atoms with Crippen molar-refractivity contribution >= 4 is 39.2 Å². The third-order valence-electron chi connectivity index (χ3n) is 6.39. The fourth-order valence-electron chi connectivity index (χ4n) is 4.20. The standard InChI is InChI=1S/C32H27NO7S/c1-4-37-32(36)29-19(2)20(3)41-31(29)33-28(34)18-38-24-14-15-25-26(16-24)39-17-27(30(25)35)40-23-12-10-22(11-13-23)21-8-6-5-7-9-21/h5-17H,4,18H2,1-3H3,(H,33,34). The van der Waals surface area contributed by atoms with Crippen molar-refractivity contribution in [3.05, 3.63) is 105 Å². The molecule has 0 aliphatic rings. The molecule has 0 saturated heterocycles. The van der Waals surface area contributed by atoms with E-state index in [0.29, 0.717) is 27.4 Å². The summed E-state index contributed by atoms with van der Waals surface area (Å²) in [6.45, 7) is 5.33. The first-order valence-corrected chi connectivity index (χ1v) is 13.7. The SMILES string of the molecule is CCOC(=O)c1c(NC(=O)COc2ccc3c(=O)c(Oc4ccc(-c5ccccc5)cc4)coc3c2)sc(C)c1C. The van der Waals surface area contributed by atoms with Crippen molar-refractivity contribution < 1.29 is 28.2 Å². The number of amides is 1. The van der Waals surface area contributed by atoms with Crippen LogP contribution in [0.25, 0.3) is 22.1 Å². The van der Waals surface area contributed by atoms with Gasteiger partial charge in [-0.3, -0.25) is 9.59 Å². The van der Waals surface area contributed by atoms with E-state index in [9.17, 15) is 14.4 Å². The molecule has 5 aromatic rings. The van der Waals surface area contributed by atoms with Gasteiger partial charge in [-0.15, -0.1) is 11.3 Å². The predicted octanol–water partition coefficient (Wildman–Crippen LogP) is 7.12. The summed E-state index contributed by atoms with van der Waals surface area (Å²) < 4.78 is 22.2. The summed E-state index contributed by atoms with van der Waals surface area (Å²) in [5.41, 5.74) is 3.18. The van der Waals surface area contributed by atoms with Gasteiger partial charge in [-0.25, -0.2) is 4.79 Å². The molecular weight excluding hydrogens is 542 g/mol. The van der Waals surface area contributed by atoms with Gasteiger partial charge in [0.25, 0.3) is 5.91 Å². The van der Waals surface area contributed by atoms with Crippen molar-refractivity contribution in [2.24, 2.45) is 0 Å². The highest BCUT2D eigenvalue weighted by Crippen LogP contribution is 2.33. The van der Waals surface area contributed by atoms with Gasteiger partial charge in [0.1, 0.15) is 28.3 Å². The number of nitrogens with one attached hydrogen (secondary N) is 1. The van der Waals surface area contributed by atoms with Crippen LogP contribution in [0.2, 0.25) is 0 Å². The minimum Gasteiger partial charge on any atom is -0.484 e. The molecule has 5 rings (SSSR count). The van der Waals surface area contributed by atoms with Crippen molar-refractivity contribution in [3.8, 4) is 28.4 Å². The molecule has 0 bridgehead atoms. The second kappa shape index (κ2) is 12.1. The monoisotopic (exact) mass is 569 g/mol. The van der Waals surface area contributed by atoms with Crippen LogP contribution in [0.5, 0.6) is 17.2 Å². The van der Waals surface area contributed by atoms with Crippen molar-refractivity contribution in [2.45, 2.75) is 20.8 Å². The fraction of sp³-hybridized carbons (Fsp3) is 0.156. The van der Waals surface area contributed by atoms with Gasteiger partial charge in [0.2, 0.25) is 11.2 Å². The smallest absolute Gasteiger partial charge is 0.341 e. The van der Waals surface area contributed by atoms with Crippen molar-refractivity contribution in [3.63, 3.8) is 0 Å². The second-order valence-corrected chi connectivity index (χ2v) is 10.3. The number of ether oxygens (including phenoxy) is 3. The first-order chi connectivity index (χ1) is 19.8. The van der Waals surface area contributed by atoms with E-state index in [0.717, 1.165) is 21.6 Å². The number of esters is 1. The minimum atomic E-state index is -0.484. The van der Waals surface area contributed by atoms with E-state index >= 15 is 0 Å². The molecule has 8 nitrogen and oxygen atoms in total. The highest BCUT2D eigenvalue weighted by atomic mass is 32.1. The molecular formula is C32H27NO7S. The summed E-state index contributed by atoms with van der Waals surface area (Å²) in [6.07, 6.45) is 1.25. The van der Waals surface area contributed by atoms with Crippen LogP contribution in [0.15, 0.2) is 88.3 Å². The number of fused-ring (bicyclic) bond motifs is 1. The van der Waals surface area contributed by atoms with Crippen LogP contribution in [0.4, 0.5) is 5.00 Å². The Morgan fingerprint density at radius 1 is 0.927 bits per heavy atom. The number of carbonyl (C=O) groups is 2. The topological polar surface area (TPSA) is 104 Å². The lowest BCUT2D eigenvalue weighted by Crippen LogP contribution is -2.21. The average molecular weight is 570 g/mol. The maximum atomic E-state index is 13.0. The summed E-state index contributed by atoms with van der Waals surface area (Å²) in [5.74, 6) is -0.0327. The van der Waals surface area contributed by atoms with Crippen LogP contribution >= 0.6 is 11.3 Å². The van der Waals surface area contributed by atoms with Crippen LogP contribution < -0.4 is 20.2 Å². The van der Waals surface area contributed by atoms with Crippen molar-refractivity contribution in [1.29, 1.82) is 0 Å². The molecule has 3 aromatic carbocycles. The first kappa shape index (κ1) is 27.7. The lowest BCUT2D eigenvalue weighted by molar-refractivity contribution is -0.118. The Kier molecular flexibility index (Phi) is 8.16. The largest absolute Gasteiger partial charge is 0.484 e. The van der Waals surface area contributed by atoms with Crippen LogP contribution in [-0.2, 0) is 9.53 Å². The molecule has 0 atom stereocenters. The van der Waals surface area contributed by atoms with Gasteiger partial charge in [-0.1, -0.05) is 42.5 Å². The van der Waals surface area contributed by atoms with Gasteiger partial charge in [-0.05, 0) is 61.7 Å². The number of benzene rings is 3. The van der Waals surface area contributed by atoms with Crippen LogP contribution in [0.1, 0.15) is 27.7 Å². The van der Waals surface area contributed by atoms with Crippen LogP contribution in [-0.4, -0.2) is 25.1 Å². The normalized spacial score (nSPS) is 10.8. The second-order valence-electron chi connectivity index (χ2n) is 9.12. The quantitative estimate of drug-likeness (QED) is 0.188. The lowest BCUT2D eigenvalue weighted by atomic mass is 10.1. The average Bonchev–Trinajstić information content (AvgIpc) is 3.26. The zero-order chi connectivity index (χ0) is 28.9. The maximum absolute atomic E-state index is 13.0. The molecule has 41 heavy (non-hydrogen) atoms. The molecule has 2 heterocycles. The van der Waals surface area contributed by atoms with E-state index in [1.807, 2.05) is 56.3 Å². The number of thiophene rings is 1. The Balaban J connectivity index is 1.25. The number of rotatable bonds is 9. The molecule has 0 spiro atoms.